The molecule has 0 bridgehead atoms. The molecule has 3 aliphatic rings. The van der Waals surface area contributed by atoms with Gasteiger partial charge >= 0.3 is 12.1 Å². The van der Waals surface area contributed by atoms with E-state index in [1.54, 1.807) is 18.7 Å². The van der Waals surface area contributed by atoms with Crippen molar-refractivity contribution in [2.45, 2.75) is 141 Å². The second kappa shape index (κ2) is 11.5. The molecular weight excluding hydrogens is 448 g/mol. The summed E-state index contributed by atoms with van der Waals surface area (Å²) in [6.07, 6.45) is 10.7. The molecule has 0 spiro atoms. The van der Waals surface area contributed by atoms with E-state index in [-0.39, 0.29) is 0 Å². The van der Waals surface area contributed by atoms with Crippen LogP contribution < -0.4 is 5.32 Å². The Morgan fingerprint density at radius 1 is 1.00 bits per heavy atom. The number of ether oxygens (including phenoxy) is 2. The minimum absolute atomic E-state index is 0.308. The zero-order valence-electron chi connectivity index (χ0n) is 22.3. The number of amides is 2. The Morgan fingerprint density at radius 3 is 2.06 bits per heavy atom. The lowest BCUT2D eigenvalue weighted by atomic mass is 9.83. The molecule has 1 aliphatic heterocycles. The van der Waals surface area contributed by atoms with E-state index >= 15 is 0 Å². The van der Waals surface area contributed by atoms with Crippen LogP contribution in [0.15, 0.2) is 0 Å². The van der Waals surface area contributed by atoms with E-state index in [9.17, 15) is 19.5 Å². The maximum Gasteiger partial charge on any atom is 0.412 e. The highest BCUT2D eigenvalue weighted by Crippen LogP contribution is 2.39. The normalized spacial score (nSPS) is 26.8. The number of hydrogen-bond donors (Lipinski definition) is 2. The Morgan fingerprint density at radius 2 is 1.54 bits per heavy atom. The summed E-state index contributed by atoms with van der Waals surface area (Å²) in [5, 5.41) is 12.6. The summed E-state index contributed by atoms with van der Waals surface area (Å²) in [7, 11) is 0. The number of carbonyl (C=O) groups is 3. The van der Waals surface area contributed by atoms with Crippen LogP contribution in [0.2, 0.25) is 0 Å². The molecule has 35 heavy (non-hydrogen) atoms. The number of hydrogen-bond acceptors (Lipinski definition) is 5. The van der Waals surface area contributed by atoms with Gasteiger partial charge in [-0.2, -0.15) is 0 Å². The quantitative estimate of drug-likeness (QED) is 0.502. The van der Waals surface area contributed by atoms with E-state index in [1.165, 1.54) is 12.8 Å². The zero-order chi connectivity index (χ0) is 25.8. The first-order valence-electron chi connectivity index (χ1n) is 13.6. The minimum Gasteiger partial charge on any atom is -0.480 e. The van der Waals surface area contributed by atoms with Gasteiger partial charge in [-0.25, -0.2) is 9.59 Å². The second-order valence-corrected chi connectivity index (χ2v) is 12.3. The van der Waals surface area contributed by atoms with Crippen molar-refractivity contribution >= 4 is 18.0 Å². The van der Waals surface area contributed by atoms with E-state index in [0.717, 1.165) is 51.4 Å². The molecule has 0 unspecified atom stereocenters. The maximum atomic E-state index is 13.5. The van der Waals surface area contributed by atoms with Crippen LogP contribution in [0.5, 0.6) is 0 Å². The molecule has 2 N–H and O–H groups in total. The SMILES string of the molecule is CC(C)(C)OC(=O)N1[C@H](CC2CCCCC2)[C@@H](C(=O)N[C@@H](CC2CCCCC2)C(=O)O)OC1(C)C. The Balaban J connectivity index is 1.80. The summed E-state index contributed by atoms with van der Waals surface area (Å²) in [5.41, 5.74) is -1.73. The number of aliphatic carboxylic acids is 1. The Bertz CT molecular complexity index is 749. The van der Waals surface area contributed by atoms with Crippen LogP contribution in [0, 0.1) is 11.8 Å². The number of nitrogens with zero attached hydrogens (tertiary/aromatic N) is 1. The molecule has 8 nitrogen and oxygen atoms in total. The van der Waals surface area contributed by atoms with E-state index in [1.807, 2.05) is 20.8 Å². The summed E-state index contributed by atoms with van der Waals surface area (Å²) in [5.74, 6) is -0.770. The molecule has 8 heteroatoms. The zero-order valence-corrected chi connectivity index (χ0v) is 22.3. The third-order valence-electron chi connectivity index (χ3n) is 7.73. The molecule has 2 aliphatic carbocycles. The predicted octanol–water partition coefficient (Wildman–Crippen LogP) is 5.24. The standard InChI is InChI=1S/C27H46N2O6/c1-26(2,3)35-25(33)29-21(17-19-14-10-7-11-15-19)22(34-27(29,4)5)23(30)28-20(24(31)32)16-18-12-8-6-9-13-18/h18-22H,6-17H2,1-5H3,(H,28,30)(H,31,32)/t20-,21+,22-/m0/s1. The number of nitrogens with one attached hydrogen (secondary N) is 1. The van der Waals surface area contributed by atoms with Gasteiger partial charge in [-0.05, 0) is 59.3 Å². The Kier molecular flexibility index (Phi) is 9.11. The van der Waals surface area contributed by atoms with Gasteiger partial charge in [0.2, 0.25) is 0 Å². The molecule has 0 aromatic heterocycles. The van der Waals surface area contributed by atoms with E-state index in [4.69, 9.17) is 9.47 Å². The third-order valence-corrected chi connectivity index (χ3v) is 7.73. The Labute approximate surface area is 210 Å². The molecule has 1 heterocycles. The highest BCUT2D eigenvalue weighted by molar-refractivity contribution is 5.88. The van der Waals surface area contributed by atoms with Crippen molar-refractivity contribution in [2.24, 2.45) is 11.8 Å². The molecule has 0 radical (unpaired) electrons. The lowest BCUT2D eigenvalue weighted by molar-refractivity contribution is -0.146. The first-order valence-corrected chi connectivity index (χ1v) is 13.6. The van der Waals surface area contributed by atoms with Crippen molar-refractivity contribution in [1.82, 2.24) is 10.2 Å². The molecule has 3 atom stereocenters. The van der Waals surface area contributed by atoms with E-state index in [0.29, 0.717) is 24.7 Å². The van der Waals surface area contributed by atoms with Crippen LogP contribution in [0.1, 0.15) is 112 Å². The third kappa shape index (κ3) is 7.58. The van der Waals surface area contributed by atoms with Gasteiger partial charge in [0.25, 0.3) is 5.91 Å². The lowest BCUT2D eigenvalue weighted by Crippen LogP contribution is -2.53. The van der Waals surface area contributed by atoms with Crippen molar-refractivity contribution < 1.29 is 29.0 Å². The van der Waals surface area contributed by atoms with Crippen LogP contribution in [-0.4, -0.2) is 57.5 Å². The molecular formula is C27H46N2O6. The van der Waals surface area contributed by atoms with Crippen molar-refractivity contribution in [2.75, 3.05) is 0 Å². The molecule has 1 saturated heterocycles. The first-order chi connectivity index (χ1) is 16.4. The predicted molar refractivity (Wildman–Crippen MR) is 133 cm³/mol. The summed E-state index contributed by atoms with van der Waals surface area (Å²) in [6.45, 7) is 9.00. The summed E-state index contributed by atoms with van der Waals surface area (Å²) in [6, 6.07) is -1.46. The van der Waals surface area contributed by atoms with Crippen LogP contribution >= 0.6 is 0 Å². The monoisotopic (exact) mass is 494 g/mol. The van der Waals surface area contributed by atoms with Crippen molar-refractivity contribution in [3.63, 3.8) is 0 Å². The highest BCUT2D eigenvalue weighted by atomic mass is 16.6. The summed E-state index contributed by atoms with van der Waals surface area (Å²) >= 11 is 0. The van der Waals surface area contributed by atoms with Gasteiger partial charge in [-0.15, -0.1) is 0 Å². The van der Waals surface area contributed by atoms with Crippen LogP contribution in [0.3, 0.4) is 0 Å². The average Bonchev–Trinajstić information content (AvgIpc) is 3.03. The Hall–Kier alpha value is -1.83. The van der Waals surface area contributed by atoms with Gasteiger partial charge in [-0.3, -0.25) is 9.69 Å². The van der Waals surface area contributed by atoms with Crippen LogP contribution in [0.4, 0.5) is 4.79 Å². The minimum atomic E-state index is -1.05. The van der Waals surface area contributed by atoms with E-state index < -0.39 is 47.5 Å². The van der Waals surface area contributed by atoms with Crippen molar-refractivity contribution in [1.29, 1.82) is 0 Å². The van der Waals surface area contributed by atoms with Crippen LogP contribution in [0.25, 0.3) is 0 Å². The topological polar surface area (TPSA) is 105 Å². The first kappa shape index (κ1) is 27.8. The van der Waals surface area contributed by atoms with Gasteiger partial charge in [0.05, 0.1) is 6.04 Å². The van der Waals surface area contributed by atoms with Gasteiger partial charge in [0.15, 0.2) is 6.10 Å². The van der Waals surface area contributed by atoms with Crippen LogP contribution in [-0.2, 0) is 19.1 Å². The van der Waals surface area contributed by atoms with Gasteiger partial charge in [-0.1, -0.05) is 64.2 Å². The molecule has 2 amide bonds. The molecule has 3 rings (SSSR count). The second-order valence-electron chi connectivity index (χ2n) is 12.3. The molecule has 2 saturated carbocycles. The van der Waals surface area contributed by atoms with Crippen molar-refractivity contribution in [3.8, 4) is 0 Å². The fraction of sp³-hybridized carbons (Fsp3) is 0.889. The molecule has 3 fully saturated rings. The average molecular weight is 495 g/mol. The maximum absolute atomic E-state index is 13.5. The fourth-order valence-electron chi connectivity index (χ4n) is 6.10. The van der Waals surface area contributed by atoms with Gasteiger partial charge in [0.1, 0.15) is 17.4 Å². The number of carbonyl (C=O) groups excluding carboxylic acids is 2. The smallest absolute Gasteiger partial charge is 0.412 e. The van der Waals surface area contributed by atoms with Gasteiger partial charge in [0, 0.05) is 0 Å². The largest absolute Gasteiger partial charge is 0.480 e. The van der Waals surface area contributed by atoms with Gasteiger partial charge < -0.3 is 19.9 Å². The molecule has 200 valence electrons. The number of rotatable bonds is 7. The molecule has 0 aromatic rings. The fourth-order valence-corrected chi connectivity index (χ4v) is 6.10. The number of carboxylic acids is 1. The summed E-state index contributed by atoms with van der Waals surface area (Å²) in [4.78, 5) is 40.4. The molecule has 0 aromatic carbocycles. The van der Waals surface area contributed by atoms with Crippen molar-refractivity contribution in [3.05, 3.63) is 0 Å². The number of carboxylic acid groups (broad SMARTS) is 1. The summed E-state index contributed by atoms with van der Waals surface area (Å²) < 4.78 is 11.9. The van der Waals surface area contributed by atoms with E-state index in [2.05, 4.69) is 5.32 Å². The lowest BCUT2D eigenvalue weighted by Gasteiger charge is -2.36. The highest BCUT2D eigenvalue weighted by Gasteiger charge is 2.54.